The molecule has 12 heteroatoms. The normalized spacial score (nSPS) is 17.6. The van der Waals surface area contributed by atoms with Crippen LogP contribution >= 0.6 is 0 Å². The highest BCUT2D eigenvalue weighted by Crippen LogP contribution is 2.24. The number of nitrogens with zero attached hydrogens (tertiary/aromatic N) is 5. The minimum absolute atomic E-state index is 0.0369. The highest BCUT2D eigenvalue weighted by Gasteiger charge is 2.27. The Labute approximate surface area is 200 Å². The van der Waals surface area contributed by atoms with Crippen LogP contribution in [0.2, 0.25) is 0 Å². The molecule has 182 valence electrons. The summed E-state index contributed by atoms with van der Waals surface area (Å²) in [6.45, 7) is 1.76. The average molecular weight is 479 g/mol. The molecule has 35 heavy (non-hydrogen) atoms. The van der Waals surface area contributed by atoms with Crippen molar-refractivity contribution in [3.63, 3.8) is 0 Å². The summed E-state index contributed by atoms with van der Waals surface area (Å²) in [5, 5.41) is 13.5. The Morgan fingerprint density at radius 2 is 2.17 bits per heavy atom. The maximum Gasteiger partial charge on any atom is 0.281 e. The van der Waals surface area contributed by atoms with Gasteiger partial charge in [-0.25, -0.2) is 9.97 Å². The van der Waals surface area contributed by atoms with E-state index in [1.807, 2.05) is 0 Å². The molecule has 2 atom stereocenters. The SMILES string of the molecule is CNc1cc(Nc2cccn(-c3ocnc3C)c2=O)nc2c(C(=O)NC3CC[C@@H](OC)C3)cnn12. The molecule has 0 radical (unpaired) electrons. The van der Waals surface area contributed by atoms with E-state index in [0.717, 1.165) is 19.3 Å². The molecule has 5 rings (SSSR count). The average Bonchev–Trinajstić information content (AvgIpc) is 3.59. The zero-order valence-electron chi connectivity index (χ0n) is 19.6. The Bertz CT molecular complexity index is 1440. The second-order valence-electron chi connectivity index (χ2n) is 8.38. The summed E-state index contributed by atoms with van der Waals surface area (Å²) in [4.78, 5) is 34.8. The first-order chi connectivity index (χ1) is 17.0. The molecule has 1 aliphatic carbocycles. The minimum Gasteiger partial charge on any atom is -0.427 e. The Morgan fingerprint density at radius 1 is 1.31 bits per heavy atom. The lowest BCUT2D eigenvalue weighted by molar-refractivity contribution is 0.0916. The number of methoxy groups -OCH3 is 1. The monoisotopic (exact) mass is 478 g/mol. The van der Waals surface area contributed by atoms with Gasteiger partial charge in [0.15, 0.2) is 12.0 Å². The lowest BCUT2D eigenvalue weighted by Gasteiger charge is -2.13. The van der Waals surface area contributed by atoms with Gasteiger partial charge in [0.05, 0.1) is 12.3 Å². The third-order valence-electron chi connectivity index (χ3n) is 6.17. The lowest BCUT2D eigenvalue weighted by atomic mass is 10.2. The fraction of sp³-hybridized carbons (Fsp3) is 0.348. The van der Waals surface area contributed by atoms with Gasteiger partial charge >= 0.3 is 0 Å². The molecule has 1 amide bonds. The van der Waals surface area contributed by atoms with Crippen LogP contribution < -0.4 is 21.5 Å². The molecule has 1 fully saturated rings. The van der Waals surface area contributed by atoms with Crippen molar-refractivity contribution in [3.8, 4) is 5.88 Å². The summed E-state index contributed by atoms with van der Waals surface area (Å²) >= 11 is 0. The van der Waals surface area contributed by atoms with Gasteiger partial charge in [0.1, 0.15) is 28.6 Å². The number of hydrogen-bond donors (Lipinski definition) is 3. The van der Waals surface area contributed by atoms with Crippen molar-refractivity contribution in [2.45, 2.75) is 38.3 Å². The second kappa shape index (κ2) is 9.22. The number of pyridine rings is 1. The summed E-state index contributed by atoms with van der Waals surface area (Å²) in [6, 6.07) is 5.11. The second-order valence-corrected chi connectivity index (χ2v) is 8.38. The number of carbonyl (C=O) groups is 1. The fourth-order valence-electron chi connectivity index (χ4n) is 4.33. The number of anilines is 3. The maximum absolute atomic E-state index is 13.1. The predicted octanol–water partition coefficient (Wildman–Crippen LogP) is 2.26. The van der Waals surface area contributed by atoms with E-state index in [9.17, 15) is 9.59 Å². The van der Waals surface area contributed by atoms with Gasteiger partial charge in [-0.1, -0.05) is 0 Å². The number of fused-ring (bicyclic) bond motifs is 1. The number of aromatic nitrogens is 5. The highest BCUT2D eigenvalue weighted by molar-refractivity contribution is 6.00. The van der Waals surface area contributed by atoms with Crippen LogP contribution in [0.5, 0.6) is 0 Å². The first-order valence-electron chi connectivity index (χ1n) is 11.3. The van der Waals surface area contributed by atoms with Crippen molar-refractivity contribution < 1.29 is 13.9 Å². The number of hydrogen-bond acceptors (Lipinski definition) is 9. The molecular formula is C23H26N8O4. The zero-order chi connectivity index (χ0) is 24.5. The largest absolute Gasteiger partial charge is 0.427 e. The molecule has 12 nitrogen and oxygen atoms in total. The molecule has 3 N–H and O–H groups in total. The van der Waals surface area contributed by atoms with Crippen LogP contribution in [0.3, 0.4) is 0 Å². The Kier molecular flexibility index (Phi) is 5.95. The first kappa shape index (κ1) is 22.6. The van der Waals surface area contributed by atoms with Gasteiger partial charge in [-0.05, 0) is 38.3 Å². The van der Waals surface area contributed by atoms with E-state index < -0.39 is 0 Å². The van der Waals surface area contributed by atoms with Gasteiger partial charge in [0.2, 0.25) is 5.88 Å². The van der Waals surface area contributed by atoms with Crippen molar-refractivity contribution in [2.75, 3.05) is 24.8 Å². The standard InChI is InChI=1S/C23H26N8O4/c1-13-23(35-12-25-13)30-8-4-5-17(22(30)33)28-18-10-19(24-2)31-20(29-18)16(11-26-31)21(32)27-14-6-7-15(9-14)34-3/h4-5,8,10-12,14-15,24H,6-7,9H2,1-3H3,(H,27,32)(H,28,29)/t14?,15-/m1/s1. The van der Waals surface area contributed by atoms with Gasteiger partial charge in [0, 0.05) is 32.5 Å². The molecule has 0 bridgehead atoms. The molecule has 1 aliphatic rings. The molecule has 0 aromatic carbocycles. The maximum atomic E-state index is 13.1. The number of rotatable bonds is 7. The van der Waals surface area contributed by atoms with E-state index >= 15 is 0 Å². The molecular weight excluding hydrogens is 452 g/mol. The van der Waals surface area contributed by atoms with Crippen LogP contribution in [0.1, 0.15) is 35.3 Å². The van der Waals surface area contributed by atoms with Crippen molar-refractivity contribution in [1.82, 2.24) is 29.5 Å². The number of aryl methyl sites for hydroxylation is 1. The number of carbonyl (C=O) groups excluding carboxylic acids is 1. The molecule has 4 aromatic rings. The number of ether oxygens (including phenoxy) is 1. The highest BCUT2D eigenvalue weighted by atomic mass is 16.5. The first-order valence-corrected chi connectivity index (χ1v) is 11.3. The van der Waals surface area contributed by atoms with Crippen LogP contribution in [0.25, 0.3) is 11.5 Å². The summed E-state index contributed by atoms with van der Waals surface area (Å²) in [5.41, 5.74) is 1.24. The van der Waals surface area contributed by atoms with Crippen molar-refractivity contribution in [1.29, 1.82) is 0 Å². The zero-order valence-corrected chi connectivity index (χ0v) is 19.6. The van der Waals surface area contributed by atoms with Crippen LogP contribution in [0.15, 0.2) is 46.2 Å². The predicted molar refractivity (Wildman–Crippen MR) is 129 cm³/mol. The third kappa shape index (κ3) is 4.23. The van der Waals surface area contributed by atoms with E-state index in [-0.39, 0.29) is 29.3 Å². The molecule has 0 spiro atoms. The topological polar surface area (TPSA) is 141 Å². The molecule has 1 saturated carbocycles. The quantitative estimate of drug-likeness (QED) is 0.365. The summed E-state index contributed by atoms with van der Waals surface area (Å²) in [6.07, 6.45) is 7.09. The van der Waals surface area contributed by atoms with Gasteiger partial charge in [-0.15, -0.1) is 0 Å². The number of amides is 1. The van der Waals surface area contributed by atoms with E-state index in [4.69, 9.17) is 9.15 Å². The van der Waals surface area contributed by atoms with E-state index in [1.54, 1.807) is 50.0 Å². The minimum atomic E-state index is -0.333. The molecule has 4 heterocycles. The fourth-order valence-corrected chi connectivity index (χ4v) is 4.33. The van der Waals surface area contributed by atoms with Crippen LogP contribution in [-0.4, -0.2) is 56.4 Å². The number of nitrogens with one attached hydrogen (secondary N) is 3. The molecule has 1 unspecified atom stereocenters. The summed E-state index contributed by atoms with van der Waals surface area (Å²) in [5.74, 6) is 1.06. The lowest BCUT2D eigenvalue weighted by Crippen LogP contribution is -2.33. The van der Waals surface area contributed by atoms with E-state index in [2.05, 4.69) is 31.0 Å². The van der Waals surface area contributed by atoms with Crippen LogP contribution in [-0.2, 0) is 4.74 Å². The molecule has 0 aliphatic heterocycles. The smallest absolute Gasteiger partial charge is 0.281 e. The third-order valence-corrected chi connectivity index (χ3v) is 6.17. The van der Waals surface area contributed by atoms with E-state index in [1.165, 1.54) is 17.2 Å². The summed E-state index contributed by atoms with van der Waals surface area (Å²) in [7, 11) is 3.43. The van der Waals surface area contributed by atoms with Crippen molar-refractivity contribution in [2.24, 2.45) is 0 Å². The van der Waals surface area contributed by atoms with Gasteiger partial charge in [-0.2, -0.15) is 9.61 Å². The number of oxazole rings is 1. The summed E-state index contributed by atoms with van der Waals surface area (Å²) < 4.78 is 13.7. The van der Waals surface area contributed by atoms with Crippen LogP contribution in [0, 0.1) is 6.92 Å². The van der Waals surface area contributed by atoms with Gasteiger partial charge in [0.25, 0.3) is 11.5 Å². The van der Waals surface area contributed by atoms with Gasteiger partial charge in [-0.3, -0.25) is 14.2 Å². The Hall–Kier alpha value is -4.19. The van der Waals surface area contributed by atoms with Crippen molar-refractivity contribution in [3.05, 3.63) is 58.6 Å². The Morgan fingerprint density at radius 3 is 2.89 bits per heavy atom. The Balaban J connectivity index is 1.46. The van der Waals surface area contributed by atoms with Crippen molar-refractivity contribution >= 4 is 28.9 Å². The molecule has 0 saturated heterocycles. The molecule has 4 aromatic heterocycles. The van der Waals surface area contributed by atoms with Gasteiger partial charge < -0.3 is 25.1 Å². The van der Waals surface area contributed by atoms with Crippen LogP contribution in [0.4, 0.5) is 17.3 Å². The van der Waals surface area contributed by atoms with E-state index in [0.29, 0.717) is 34.4 Å².